The van der Waals surface area contributed by atoms with Gasteiger partial charge in [-0.05, 0) is 30.5 Å². The number of nitriles is 1. The Morgan fingerprint density at radius 1 is 1.56 bits per heavy atom. The van der Waals surface area contributed by atoms with Crippen molar-refractivity contribution in [1.29, 1.82) is 5.26 Å². The molecule has 3 nitrogen and oxygen atoms in total. The monoisotopic (exact) mass is 238 g/mol. The number of hydrogen-bond acceptors (Lipinski definition) is 2. The van der Waals surface area contributed by atoms with E-state index in [1.54, 1.807) is 36.1 Å². The Hall–Kier alpha value is -2.52. The molecule has 1 amide bonds. The molecule has 0 aliphatic rings. The molecule has 1 aromatic carbocycles. The Bertz CT molecular complexity index is 544. The summed E-state index contributed by atoms with van der Waals surface area (Å²) in [5.74, 6) is 4.85. The van der Waals surface area contributed by atoms with Crippen LogP contribution in [-0.2, 0) is 11.3 Å². The summed E-state index contributed by atoms with van der Waals surface area (Å²) in [7, 11) is 0. The number of nitrogens with zero attached hydrogens (tertiary/aromatic N) is 2. The molecule has 0 saturated heterocycles. The third-order valence-electron chi connectivity index (χ3n) is 2.30. The van der Waals surface area contributed by atoms with Crippen molar-refractivity contribution >= 4 is 5.91 Å². The molecule has 1 rings (SSSR count). The van der Waals surface area contributed by atoms with Gasteiger partial charge < -0.3 is 4.90 Å². The molecule has 0 fully saturated rings. The maximum atomic E-state index is 11.7. The van der Waals surface area contributed by atoms with Gasteiger partial charge in [-0.25, -0.2) is 0 Å². The molecule has 90 valence electrons. The average Bonchev–Trinajstić information content (AvgIpc) is 2.39. The van der Waals surface area contributed by atoms with Crippen LogP contribution in [-0.4, -0.2) is 17.4 Å². The van der Waals surface area contributed by atoms with E-state index in [9.17, 15) is 4.79 Å². The topological polar surface area (TPSA) is 44.1 Å². The van der Waals surface area contributed by atoms with Gasteiger partial charge in [-0.2, -0.15) is 5.26 Å². The second-order valence-electron chi connectivity index (χ2n) is 3.66. The van der Waals surface area contributed by atoms with Crippen molar-refractivity contribution in [1.82, 2.24) is 4.90 Å². The van der Waals surface area contributed by atoms with E-state index in [0.29, 0.717) is 18.7 Å². The fraction of sp³-hybridized carbons (Fsp3) is 0.200. The van der Waals surface area contributed by atoms with Crippen LogP contribution in [0.5, 0.6) is 0 Å². The van der Waals surface area contributed by atoms with Gasteiger partial charge in [-0.15, -0.1) is 6.58 Å². The molecule has 0 aliphatic carbocycles. The van der Waals surface area contributed by atoms with Crippen LogP contribution in [0.25, 0.3) is 0 Å². The van der Waals surface area contributed by atoms with Gasteiger partial charge in [0.15, 0.2) is 0 Å². The zero-order valence-corrected chi connectivity index (χ0v) is 10.3. The fourth-order valence-corrected chi connectivity index (χ4v) is 1.52. The van der Waals surface area contributed by atoms with Gasteiger partial charge in [0.2, 0.25) is 0 Å². The number of benzene rings is 1. The Morgan fingerprint density at radius 3 is 2.94 bits per heavy atom. The van der Waals surface area contributed by atoms with Crippen LogP contribution in [0.1, 0.15) is 18.1 Å². The van der Waals surface area contributed by atoms with Gasteiger partial charge in [0.05, 0.1) is 11.6 Å². The molecule has 0 atom stereocenters. The van der Waals surface area contributed by atoms with Crippen LogP contribution in [0, 0.1) is 23.2 Å². The summed E-state index contributed by atoms with van der Waals surface area (Å²) in [6.45, 7) is 6.11. The molecule has 18 heavy (non-hydrogen) atoms. The van der Waals surface area contributed by atoms with Gasteiger partial charge in [0.1, 0.15) is 0 Å². The highest BCUT2D eigenvalue weighted by Gasteiger charge is 2.10. The second-order valence-corrected chi connectivity index (χ2v) is 3.66. The first-order valence-electron chi connectivity index (χ1n) is 5.53. The highest BCUT2D eigenvalue weighted by atomic mass is 16.2. The Balaban J connectivity index is 2.88. The minimum Gasteiger partial charge on any atom is -0.324 e. The molecule has 0 radical (unpaired) electrons. The third-order valence-corrected chi connectivity index (χ3v) is 2.30. The van der Waals surface area contributed by atoms with E-state index in [1.165, 1.54) is 0 Å². The first-order chi connectivity index (χ1) is 8.71. The third kappa shape index (κ3) is 3.81. The summed E-state index contributed by atoms with van der Waals surface area (Å²) >= 11 is 0. The maximum Gasteiger partial charge on any atom is 0.299 e. The van der Waals surface area contributed by atoms with Gasteiger partial charge in [0, 0.05) is 13.1 Å². The van der Waals surface area contributed by atoms with Crippen LogP contribution in [0.3, 0.4) is 0 Å². The summed E-state index contributed by atoms with van der Waals surface area (Å²) in [6.07, 6.45) is 1.66. The summed E-state index contributed by atoms with van der Waals surface area (Å²) in [5.41, 5.74) is 1.49. The van der Waals surface area contributed by atoms with E-state index in [4.69, 9.17) is 5.26 Å². The van der Waals surface area contributed by atoms with E-state index in [2.05, 4.69) is 24.5 Å². The molecule has 1 aromatic rings. The summed E-state index contributed by atoms with van der Waals surface area (Å²) in [6, 6.07) is 9.25. The van der Waals surface area contributed by atoms with Crippen molar-refractivity contribution in [3.8, 4) is 17.9 Å². The second kappa shape index (κ2) is 6.93. The lowest BCUT2D eigenvalue weighted by Gasteiger charge is -2.18. The van der Waals surface area contributed by atoms with E-state index >= 15 is 0 Å². The molecule has 3 heteroatoms. The summed E-state index contributed by atoms with van der Waals surface area (Å²) in [5, 5.41) is 8.82. The number of carbonyl (C=O) groups excluding carboxylic acids is 1. The van der Waals surface area contributed by atoms with E-state index < -0.39 is 0 Å². The van der Waals surface area contributed by atoms with Crippen molar-refractivity contribution < 1.29 is 4.79 Å². The molecule has 0 heterocycles. The lowest BCUT2D eigenvalue weighted by molar-refractivity contribution is -0.125. The number of hydrogen-bond donors (Lipinski definition) is 0. The highest BCUT2D eigenvalue weighted by molar-refractivity contribution is 5.93. The predicted octanol–water partition coefficient (Wildman–Crippen LogP) is 2.10. The molecular formula is C15H14N2O. The fourth-order valence-electron chi connectivity index (χ4n) is 1.52. The standard InChI is InChI=1S/C15H14N2O/c1-3-6-15(18)17(9-4-2)12-14-8-5-7-13(10-14)11-16/h4-5,7-8,10H,2,9,12H2,1H3. The molecular weight excluding hydrogens is 224 g/mol. The SMILES string of the molecule is C=CCN(Cc1cccc(C#N)c1)C(=O)C#CC. The molecule has 0 bridgehead atoms. The molecule has 0 unspecified atom stereocenters. The summed E-state index contributed by atoms with van der Waals surface area (Å²) in [4.78, 5) is 13.3. The van der Waals surface area contributed by atoms with Gasteiger partial charge >= 0.3 is 0 Å². The Morgan fingerprint density at radius 2 is 2.33 bits per heavy atom. The lowest BCUT2D eigenvalue weighted by atomic mass is 10.1. The van der Waals surface area contributed by atoms with Crippen LogP contribution in [0.15, 0.2) is 36.9 Å². The Labute approximate surface area is 107 Å². The number of carbonyl (C=O) groups is 1. The van der Waals surface area contributed by atoms with Crippen LogP contribution >= 0.6 is 0 Å². The van der Waals surface area contributed by atoms with Crippen molar-refractivity contribution in [2.75, 3.05) is 6.54 Å². The lowest BCUT2D eigenvalue weighted by Crippen LogP contribution is -2.29. The quantitative estimate of drug-likeness (QED) is 0.595. The number of amides is 1. The van der Waals surface area contributed by atoms with E-state index in [0.717, 1.165) is 5.56 Å². The Kier molecular flexibility index (Phi) is 5.22. The zero-order chi connectivity index (χ0) is 13.4. The maximum absolute atomic E-state index is 11.7. The molecule has 0 spiro atoms. The number of rotatable bonds is 4. The smallest absolute Gasteiger partial charge is 0.299 e. The molecule has 0 aromatic heterocycles. The van der Waals surface area contributed by atoms with E-state index in [1.807, 2.05) is 6.07 Å². The van der Waals surface area contributed by atoms with Crippen LogP contribution in [0.2, 0.25) is 0 Å². The molecule has 0 N–H and O–H groups in total. The minimum absolute atomic E-state index is 0.236. The van der Waals surface area contributed by atoms with Crippen LogP contribution in [0.4, 0.5) is 0 Å². The average molecular weight is 238 g/mol. The van der Waals surface area contributed by atoms with Crippen molar-refractivity contribution in [3.63, 3.8) is 0 Å². The highest BCUT2D eigenvalue weighted by Crippen LogP contribution is 2.08. The van der Waals surface area contributed by atoms with Crippen molar-refractivity contribution in [2.24, 2.45) is 0 Å². The van der Waals surface area contributed by atoms with Crippen molar-refractivity contribution in [3.05, 3.63) is 48.0 Å². The van der Waals surface area contributed by atoms with Crippen LogP contribution < -0.4 is 0 Å². The summed E-state index contributed by atoms with van der Waals surface area (Å²) < 4.78 is 0. The predicted molar refractivity (Wildman–Crippen MR) is 70.2 cm³/mol. The van der Waals surface area contributed by atoms with Gasteiger partial charge in [-0.1, -0.05) is 24.1 Å². The molecule has 0 saturated carbocycles. The van der Waals surface area contributed by atoms with Gasteiger partial charge in [-0.3, -0.25) is 4.79 Å². The van der Waals surface area contributed by atoms with Gasteiger partial charge in [0.25, 0.3) is 5.91 Å². The first kappa shape index (κ1) is 13.5. The minimum atomic E-state index is -0.236. The largest absolute Gasteiger partial charge is 0.324 e. The first-order valence-corrected chi connectivity index (χ1v) is 5.53. The van der Waals surface area contributed by atoms with E-state index in [-0.39, 0.29) is 5.91 Å². The normalized spacial score (nSPS) is 8.67. The molecule has 0 aliphatic heterocycles. The zero-order valence-electron chi connectivity index (χ0n) is 10.3. The van der Waals surface area contributed by atoms with Crippen molar-refractivity contribution in [2.45, 2.75) is 13.5 Å².